The number of likely N-dealkylation sites (tertiary alicyclic amines) is 2. The van der Waals surface area contributed by atoms with Gasteiger partial charge in [-0.05, 0) is 43.7 Å². The zero-order valence-corrected chi connectivity index (χ0v) is 13.7. The molecule has 3 aliphatic rings. The third-order valence-corrected chi connectivity index (χ3v) is 5.79. The maximum atomic E-state index is 14.0. The molecule has 6 heteroatoms. The topological polar surface area (TPSA) is 53.5 Å². The van der Waals surface area contributed by atoms with E-state index in [2.05, 4.69) is 4.98 Å². The normalized spacial score (nSPS) is 24.5. The van der Waals surface area contributed by atoms with E-state index in [1.54, 1.807) is 17.3 Å². The van der Waals surface area contributed by atoms with Crippen LogP contribution in [0.1, 0.15) is 44.1 Å². The second kappa shape index (κ2) is 5.53. The lowest BCUT2D eigenvalue weighted by molar-refractivity contribution is -0.142. The van der Waals surface area contributed by atoms with Crippen LogP contribution >= 0.6 is 0 Å². The smallest absolute Gasteiger partial charge is 0.260 e. The van der Waals surface area contributed by atoms with Crippen LogP contribution in [0.25, 0.3) is 0 Å². The summed E-state index contributed by atoms with van der Waals surface area (Å²) < 4.78 is 14.0. The molecule has 128 valence electrons. The fourth-order valence-corrected chi connectivity index (χ4v) is 4.06. The summed E-state index contributed by atoms with van der Waals surface area (Å²) >= 11 is 0. The van der Waals surface area contributed by atoms with Crippen LogP contribution in [0.4, 0.5) is 4.39 Å². The number of carbonyl (C=O) groups excluding carboxylic acids is 2. The molecule has 3 heterocycles. The summed E-state index contributed by atoms with van der Waals surface area (Å²) in [6.45, 7) is 1.65. The van der Waals surface area contributed by atoms with E-state index in [9.17, 15) is 14.0 Å². The number of hydrogen-bond acceptors (Lipinski definition) is 3. The number of carbonyl (C=O) groups is 2. The molecule has 2 saturated heterocycles. The summed E-state index contributed by atoms with van der Waals surface area (Å²) in [7, 11) is 0. The van der Waals surface area contributed by atoms with E-state index in [1.165, 1.54) is 0 Å². The summed E-state index contributed by atoms with van der Waals surface area (Å²) in [4.78, 5) is 32.3. The first-order valence-corrected chi connectivity index (χ1v) is 8.70. The monoisotopic (exact) mass is 331 g/mol. The number of piperidine rings is 1. The number of rotatable bonds is 3. The van der Waals surface area contributed by atoms with Crippen molar-refractivity contribution < 1.29 is 14.0 Å². The van der Waals surface area contributed by atoms with Crippen LogP contribution in [0.15, 0.2) is 24.5 Å². The van der Waals surface area contributed by atoms with Crippen molar-refractivity contribution in [2.45, 2.75) is 56.3 Å². The van der Waals surface area contributed by atoms with Crippen molar-refractivity contribution in [2.24, 2.45) is 0 Å². The minimum absolute atomic E-state index is 0.169. The van der Waals surface area contributed by atoms with E-state index in [0.29, 0.717) is 38.9 Å². The first-order valence-electron chi connectivity index (χ1n) is 8.70. The Morgan fingerprint density at radius 2 is 1.96 bits per heavy atom. The molecule has 0 bridgehead atoms. The molecule has 1 spiro atoms. The SMILES string of the molecule is O=C1CCC2(CCN(C(=O)C3(F)CC3)CC2)N1Cc1cccnc1. The fourth-order valence-electron chi connectivity index (χ4n) is 4.06. The molecule has 4 rings (SSSR count). The Bertz CT molecular complexity index is 651. The molecule has 2 amide bonds. The Balaban J connectivity index is 1.46. The van der Waals surface area contributed by atoms with Gasteiger partial charge in [0.1, 0.15) is 0 Å². The largest absolute Gasteiger partial charge is 0.340 e. The molecular weight excluding hydrogens is 309 g/mol. The van der Waals surface area contributed by atoms with E-state index in [-0.39, 0.29) is 17.4 Å². The van der Waals surface area contributed by atoms with Crippen molar-refractivity contribution in [1.82, 2.24) is 14.8 Å². The van der Waals surface area contributed by atoms with Gasteiger partial charge < -0.3 is 9.80 Å². The summed E-state index contributed by atoms with van der Waals surface area (Å²) in [5.41, 5.74) is -0.756. The number of amides is 2. The van der Waals surface area contributed by atoms with Gasteiger partial charge in [-0.3, -0.25) is 14.6 Å². The first kappa shape index (κ1) is 15.5. The minimum Gasteiger partial charge on any atom is -0.340 e. The average Bonchev–Trinajstić information content (AvgIpc) is 3.30. The molecule has 24 heavy (non-hydrogen) atoms. The predicted octanol–water partition coefficient (Wildman–Crippen LogP) is 2.07. The Morgan fingerprint density at radius 3 is 2.58 bits per heavy atom. The van der Waals surface area contributed by atoms with E-state index in [4.69, 9.17) is 0 Å². The maximum absolute atomic E-state index is 14.0. The van der Waals surface area contributed by atoms with Crippen molar-refractivity contribution >= 4 is 11.8 Å². The zero-order valence-electron chi connectivity index (χ0n) is 13.7. The number of alkyl halides is 1. The number of hydrogen-bond donors (Lipinski definition) is 0. The molecule has 1 aromatic rings. The lowest BCUT2D eigenvalue weighted by Crippen LogP contribution is -2.55. The number of aromatic nitrogens is 1. The van der Waals surface area contributed by atoms with Crippen LogP contribution < -0.4 is 0 Å². The zero-order chi connectivity index (χ0) is 16.8. The average molecular weight is 331 g/mol. The van der Waals surface area contributed by atoms with Crippen LogP contribution in [-0.4, -0.2) is 50.9 Å². The van der Waals surface area contributed by atoms with Gasteiger partial charge in [0.05, 0.1) is 0 Å². The highest BCUT2D eigenvalue weighted by atomic mass is 19.1. The molecule has 0 N–H and O–H groups in total. The van der Waals surface area contributed by atoms with Gasteiger partial charge in [-0.15, -0.1) is 0 Å². The molecule has 1 aliphatic carbocycles. The molecule has 0 unspecified atom stereocenters. The van der Waals surface area contributed by atoms with E-state index in [0.717, 1.165) is 24.8 Å². The third kappa shape index (κ3) is 2.58. The highest BCUT2D eigenvalue weighted by Crippen LogP contribution is 2.44. The standard InChI is InChI=1S/C18H22FN3O2/c19-18(5-6-18)16(24)21-10-7-17(8-11-21)4-3-15(23)22(17)13-14-2-1-9-20-12-14/h1-2,9,12H,3-8,10-11,13H2. The quantitative estimate of drug-likeness (QED) is 0.852. The van der Waals surface area contributed by atoms with Gasteiger partial charge >= 0.3 is 0 Å². The van der Waals surface area contributed by atoms with Crippen LogP contribution in [0.3, 0.4) is 0 Å². The molecule has 2 aliphatic heterocycles. The highest BCUT2D eigenvalue weighted by Gasteiger charge is 2.55. The van der Waals surface area contributed by atoms with Gasteiger partial charge in [-0.25, -0.2) is 4.39 Å². The second-order valence-electron chi connectivity index (χ2n) is 7.32. The number of halogens is 1. The maximum Gasteiger partial charge on any atom is 0.260 e. The van der Waals surface area contributed by atoms with E-state index in [1.807, 2.05) is 17.0 Å². The summed E-state index contributed by atoms with van der Waals surface area (Å²) in [6, 6.07) is 3.85. The first-order chi connectivity index (χ1) is 11.5. The fraction of sp³-hybridized carbons (Fsp3) is 0.611. The van der Waals surface area contributed by atoms with E-state index < -0.39 is 5.67 Å². The summed E-state index contributed by atoms with van der Waals surface area (Å²) in [5.74, 6) is -0.178. The second-order valence-corrected chi connectivity index (χ2v) is 7.32. The van der Waals surface area contributed by atoms with Gasteiger partial charge in [-0.2, -0.15) is 0 Å². The lowest BCUT2D eigenvalue weighted by Gasteiger charge is -2.45. The van der Waals surface area contributed by atoms with Gasteiger partial charge in [0.25, 0.3) is 5.91 Å². The van der Waals surface area contributed by atoms with Gasteiger partial charge in [-0.1, -0.05) is 6.07 Å². The van der Waals surface area contributed by atoms with Crippen LogP contribution in [-0.2, 0) is 16.1 Å². The molecular formula is C18H22FN3O2. The number of pyridine rings is 1. The van der Waals surface area contributed by atoms with Crippen molar-refractivity contribution in [1.29, 1.82) is 0 Å². The van der Waals surface area contributed by atoms with E-state index >= 15 is 0 Å². The van der Waals surface area contributed by atoms with Gasteiger partial charge in [0.15, 0.2) is 5.67 Å². The van der Waals surface area contributed by atoms with Crippen molar-refractivity contribution in [2.75, 3.05) is 13.1 Å². The summed E-state index contributed by atoms with van der Waals surface area (Å²) in [6.07, 6.45) is 7.09. The van der Waals surface area contributed by atoms with Gasteiger partial charge in [0.2, 0.25) is 5.91 Å². The molecule has 0 radical (unpaired) electrons. The minimum atomic E-state index is -1.59. The molecule has 0 aromatic carbocycles. The Labute approximate surface area is 140 Å². The molecule has 3 fully saturated rings. The highest BCUT2D eigenvalue weighted by molar-refractivity contribution is 5.88. The van der Waals surface area contributed by atoms with Crippen molar-refractivity contribution in [3.8, 4) is 0 Å². The van der Waals surface area contributed by atoms with Crippen molar-refractivity contribution in [3.05, 3.63) is 30.1 Å². The van der Waals surface area contributed by atoms with Gasteiger partial charge in [0, 0.05) is 44.0 Å². The molecule has 0 atom stereocenters. The summed E-state index contributed by atoms with van der Waals surface area (Å²) in [5, 5.41) is 0. The molecule has 1 aromatic heterocycles. The third-order valence-electron chi connectivity index (χ3n) is 5.79. The Morgan fingerprint density at radius 1 is 1.21 bits per heavy atom. The number of nitrogens with zero attached hydrogens (tertiary/aromatic N) is 3. The molecule has 5 nitrogen and oxygen atoms in total. The van der Waals surface area contributed by atoms with Crippen molar-refractivity contribution in [3.63, 3.8) is 0 Å². The lowest BCUT2D eigenvalue weighted by atomic mass is 9.84. The Kier molecular flexibility index (Phi) is 3.58. The van der Waals surface area contributed by atoms with Crippen LogP contribution in [0, 0.1) is 0 Å². The van der Waals surface area contributed by atoms with Crippen LogP contribution in [0.2, 0.25) is 0 Å². The molecule has 1 saturated carbocycles. The Hall–Kier alpha value is -1.98. The van der Waals surface area contributed by atoms with Crippen LogP contribution in [0.5, 0.6) is 0 Å². The predicted molar refractivity (Wildman–Crippen MR) is 85.6 cm³/mol.